The maximum absolute atomic E-state index is 12.2. The molecule has 18 heavy (non-hydrogen) atoms. The third kappa shape index (κ3) is 1.51. The van der Waals surface area contributed by atoms with Crippen LogP contribution in [0, 0.1) is 5.92 Å². The van der Waals surface area contributed by atoms with Gasteiger partial charge in [0.05, 0.1) is 6.54 Å². The molecule has 0 spiro atoms. The summed E-state index contributed by atoms with van der Waals surface area (Å²) in [5, 5.41) is 3.96. The number of hydrazone groups is 1. The minimum Gasteiger partial charge on any atom is -0.296 e. The zero-order valence-corrected chi connectivity index (χ0v) is 9.96. The van der Waals surface area contributed by atoms with Crippen LogP contribution in [-0.2, 0) is 16.1 Å². The molecule has 1 aromatic carbocycles. The predicted octanol–water partition coefficient (Wildman–Crippen LogP) is 0.519. The van der Waals surface area contributed by atoms with E-state index in [1.54, 1.807) is 6.92 Å². The summed E-state index contributed by atoms with van der Waals surface area (Å²) in [7, 11) is 0. The third-order valence-corrected chi connectivity index (χ3v) is 3.41. The van der Waals surface area contributed by atoms with E-state index in [9.17, 15) is 9.59 Å². The topological polar surface area (TPSA) is 61.8 Å². The number of hydrogen-bond acceptors (Lipinski definition) is 4. The Morgan fingerprint density at radius 3 is 2.61 bits per heavy atom. The van der Waals surface area contributed by atoms with Gasteiger partial charge >= 0.3 is 0 Å². The average Bonchev–Trinajstić information content (AvgIpc) is 2.87. The number of carbonyl (C=O) groups excluding carboxylic acids is 2. The maximum atomic E-state index is 12.2. The molecule has 1 saturated heterocycles. The second kappa shape index (κ2) is 3.94. The predicted molar refractivity (Wildman–Crippen MR) is 65.5 cm³/mol. The summed E-state index contributed by atoms with van der Waals surface area (Å²) in [5.74, 6) is -0.754. The van der Waals surface area contributed by atoms with E-state index in [2.05, 4.69) is 10.5 Å². The van der Waals surface area contributed by atoms with Gasteiger partial charge in [-0.15, -0.1) is 0 Å². The fraction of sp³-hybridized carbons (Fsp3) is 0.308. The molecule has 2 aliphatic heterocycles. The molecule has 5 nitrogen and oxygen atoms in total. The molecule has 5 heteroatoms. The quantitative estimate of drug-likeness (QED) is 0.770. The highest BCUT2D eigenvalue weighted by molar-refractivity contribution is 6.18. The molecule has 92 valence electrons. The zero-order chi connectivity index (χ0) is 12.7. The van der Waals surface area contributed by atoms with E-state index in [1.165, 1.54) is 4.90 Å². The van der Waals surface area contributed by atoms with Crippen molar-refractivity contribution in [2.24, 2.45) is 11.0 Å². The molecule has 2 atom stereocenters. The smallest absolute Gasteiger partial charge is 0.254 e. The lowest BCUT2D eigenvalue weighted by molar-refractivity contribution is -0.140. The van der Waals surface area contributed by atoms with E-state index in [4.69, 9.17) is 0 Å². The van der Waals surface area contributed by atoms with E-state index < -0.39 is 12.0 Å². The Bertz CT molecular complexity index is 538. The number of hydrogen-bond donors (Lipinski definition) is 1. The highest BCUT2D eigenvalue weighted by Gasteiger charge is 2.51. The minimum absolute atomic E-state index is 0.153. The number of nitrogens with one attached hydrogen (secondary N) is 1. The molecular weight excluding hydrogens is 230 g/mol. The highest BCUT2D eigenvalue weighted by atomic mass is 16.2. The van der Waals surface area contributed by atoms with Crippen molar-refractivity contribution < 1.29 is 9.59 Å². The number of rotatable bonds is 2. The summed E-state index contributed by atoms with van der Waals surface area (Å²) in [4.78, 5) is 25.6. The van der Waals surface area contributed by atoms with Crippen molar-refractivity contribution in [3.05, 3.63) is 35.9 Å². The monoisotopic (exact) mass is 243 g/mol. The first kappa shape index (κ1) is 11.0. The van der Waals surface area contributed by atoms with Gasteiger partial charge in [0.1, 0.15) is 12.0 Å². The summed E-state index contributed by atoms with van der Waals surface area (Å²) >= 11 is 0. The summed E-state index contributed by atoms with van der Waals surface area (Å²) in [5.41, 5.74) is 4.38. The van der Waals surface area contributed by atoms with Gasteiger partial charge in [0, 0.05) is 5.71 Å². The van der Waals surface area contributed by atoms with Crippen molar-refractivity contribution in [2.45, 2.75) is 19.5 Å². The normalized spacial score (nSPS) is 26.1. The Morgan fingerprint density at radius 1 is 1.22 bits per heavy atom. The lowest BCUT2D eigenvalue weighted by Crippen LogP contribution is -2.35. The number of nitrogens with zero attached hydrogens (tertiary/aromatic N) is 2. The van der Waals surface area contributed by atoms with E-state index >= 15 is 0 Å². The summed E-state index contributed by atoms with van der Waals surface area (Å²) in [6.45, 7) is 2.11. The van der Waals surface area contributed by atoms with Crippen molar-refractivity contribution in [1.82, 2.24) is 10.3 Å². The van der Waals surface area contributed by atoms with Gasteiger partial charge in [-0.25, -0.2) is 0 Å². The van der Waals surface area contributed by atoms with Crippen LogP contribution in [0.1, 0.15) is 12.5 Å². The molecule has 2 aliphatic rings. The fourth-order valence-electron chi connectivity index (χ4n) is 2.44. The molecule has 0 bridgehead atoms. The van der Waals surface area contributed by atoms with Gasteiger partial charge in [-0.3, -0.25) is 19.9 Å². The number of amides is 2. The highest BCUT2D eigenvalue weighted by Crippen LogP contribution is 2.26. The van der Waals surface area contributed by atoms with Crippen LogP contribution >= 0.6 is 0 Å². The zero-order valence-electron chi connectivity index (χ0n) is 9.96. The molecule has 0 aliphatic carbocycles. The molecule has 1 fully saturated rings. The first-order chi connectivity index (χ1) is 8.68. The van der Waals surface area contributed by atoms with Crippen molar-refractivity contribution in [1.29, 1.82) is 0 Å². The van der Waals surface area contributed by atoms with E-state index in [1.807, 2.05) is 30.3 Å². The summed E-state index contributed by atoms with van der Waals surface area (Å²) in [6, 6.07) is 9.01. The number of benzene rings is 1. The molecule has 2 amide bonds. The molecule has 1 aromatic rings. The van der Waals surface area contributed by atoms with Crippen LogP contribution in [0.2, 0.25) is 0 Å². The number of fused-ring (bicyclic) bond motifs is 1. The Kier molecular flexibility index (Phi) is 2.40. The minimum atomic E-state index is -0.499. The second-order valence-corrected chi connectivity index (χ2v) is 4.59. The molecule has 1 N–H and O–H groups in total. The molecular formula is C13H13N3O2. The Morgan fingerprint density at radius 2 is 1.94 bits per heavy atom. The van der Waals surface area contributed by atoms with Crippen LogP contribution < -0.4 is 5.43 Å². The summed E-state index contributed by atoms with van der Waals surface area (Å²) < 4.78 is 0. The first-order valence-electron chi connectivity index (χ1n) is 5.87. The van der Waals surface area contributed by atoms with E-state index in [0.717, 1.165) is 5.56 Å². The number of imide groups is 1. The Balaban J connectivity index is 1.84. The number of likely N-dealkylation sites (tertiary alicyclic amines) is 1. The van der Waals surface area contributed by atoms with Crippen LogP contribution in [0.3, 0.4) is 0 Å². The van der Waals surface area contributed by atoms with E-state index in [0.29, 0.717) is 12.3 Å². The van der Waals surface area contributed by atoms with Gasteiger partial charge in [0.2, 0.25) is 5.91 Å². The Hall–Kier alpha value is -2.17. The average molecular weight is 243 g/mol. The molecule has 0 radical (unpaired) electrons. The van der Waals surface area contributed by atoms with Gasteiger partial charge in [-0.1, -0.05) is 30.3 Å². The van der Waals surface area contributed by atoms with Crippen molar-refractivity contribution in [3.63, 3.8) is 0 Å². The summed E-state index contributed by atoms with van der Waals surface area (Å²) in [6.07, 6.45) is 0. The van der Waals surface area contributed by atoms with E-state index in [-0.39, 0.29) is 11.8 Å². The molecule has 0 aromatic heterocycles. The fourth-order valence-corrected chi connectivity index (χ4v) is 2.44. The van der Waals surface area contributed by atoms with Gasteiger partial charge < -0.3 is 0 Å². The molecule has 0 unspecified atom stereocenters. The lowest BCUT2D eigenvalue weighted by Gasteiger charge is -2.15. The van der Waals surface area contributed by atoms with Gasteiger partial charge in [-0.05, 0) is 12.5 Å². The standard InChI is InChI=1S/C13H13N3O2/c1-8-10-11(15-14-8)13(18)16(12(10)17)7-9-5-3-2-4-6-9/h2-6,10-11,15H,7H2,1H3/t10-,11-/m0/s1. The molecule has 2 heterocycles. The SMILES string of the molecule is CC1=NN[C@@H]2C(=O)N(Cc3ccccc3)C(=O)[C@@H]12. The van der Waals surface area contributed by atoms with Crippen LogP contribution in [-0.4, -0.2) is 28.5 Å². The lowest BCUT2D eigenvalue weighted by atomic mass is 10.0. The van der Waals surface area contributed by atoms with Gasteiger partial charge in [-0.2, -0.15) is 5.10 Å². The Labute approximate surface area is 104 Å². The van der Waals surface area contributed by atoms with Crippen LogP contribution in [0.5, 0.6) is 0 Å². The van der Waals surface area contributed by atoms with Gasteiger partial charge in [0.25, 0.3) is 5.91 Å². The van der Waals surface area contributed by atoms with Crippen molar-refractivity contribution >= 4 is 17.5 Å². The van der Waals surface area contributed by atoms with Gasteiger partial charge in [0.15, 0.2) is 0 Å². The van der Waals surface area contributed by atoms with Crippen molar-refractivity contribution in [2.75, 3.05) is 0 Å². The van der Waals surface area contributed by atoms with Crippen LogP contribution in [0.15, 0.2) is 35.4 Å². The largest absolute Gasteiger partial charge is 0.296 e. The first-order valence-corrected chi connectivity index (χ1v) is 5.87. The molecule has 3 rings (SSSR count). The maximum Gasteiger partial charge on any atom is 0.254 e. The van der Waals surface area contributed by atoms with Crippen LogP contribution in [0.25, 0.3) is 0 Å². The van der Waals surface area contributed by atoms with Crippen LogP contribution in [0.4, 0.5) is 0 Å². The van der Waals surface area contributed by atoms with Crippen molar-refractivity contribution in [3.8, 4) is 0 Å². The second-order valence-electron chi connectivity index (χ2n) is 4.59. The molecule has 0 saturated carbocycles. The number of carbonyl (C=O) groups is 2. The third-order valence-electron chi connectivity index (χ3n) is 3.41.